The second-order valence-electron chi connectivity index (χ2n) is 3.51. The molecule has 0 fully saturated rings. The van der Waals surface area contributed by atoms with Crippen molar-refractivity contribution in [2.45, 2.75) is 13.0 Å². The van der Waals surface area contributed by atoms with Gasteiger partial charge in [0.1, 0.15) is 7.85 Å². The highest BCUT2D eigenvalue weighted by atomic mass is 16.1. The molecule has 0 aliphatic carbocycles. The van der Waals surface area contributed by atoms with Crippen LogP contribution in [0, 0.1) is 0 Å². The molecule has 0 amide bonds. The van der Waals surface area contributed by atoms with Crippen LogP contribution in [0.3, 0.4) is 0 Å². The zero-order chi connectivity index (χ0) is 9.26. The Hall–Kier alpha value is -1.09. The topological polar surface area (TPSA) is 29.1 Å². The Kier molecular flexibility index (Phi) is 2.19. The molecule has 0 atom stereocenters. The molecule has 0 spiro atoms. The molecule has 1 heterocycles. The van der Waals surface area contributed by atoms with Crippen molar-refractivity contribution in [3.8, 4) is 0 Å². The van der Waals surface area contributed by atoms with Crippen molar-refractivity contribution in [3.63, 3.8) is 0 Å². The van der Waals surface area contributed by atoms with Gasteiger partial charge in [-0.15, -0.1) is 0 Å². The zero-order valence-electron chi connectivity index (χ0n) is 7.76. The minimum Gasteiger partial charge on any atom is -0.312 e. The van der Waals surface area contributed by atoms with E-state index in [1.807, 2.05) is 12.1 Å². The van der Waals surface area contributed by atoms with Crippen LogP contribution in [0.1, 0.15) is 22.3 Å². The monoisotopic (exact) mass is 173 g/mol. The van der Waals surface area contributed by atoms with Gasteiger partial charge in [-0.2, -0.15) is 0 Å². The fourth-order valence-corrected chi connectivity index (χ4v) is 1.70. The van der Waals surface area contributed by atoms with Crippen molar-refractivity contribution in [3.05, 3.63) is 29.3 Å². The molecule has 0 radical (unpaired) electrons. The summed E-state index contributed by atoms with van der Waals surface area (Å²) in [5.41, 5.74) is 3.26. The molecule has 3 heteroatoms. The average molecular weight is 173 g/mol. The van der Waals surface area contributed by atoms with Crippen molar-refractivity contribution < 1.29 is 4.79 Å². The van der Waals surface area contributed by atoms with Crippen molar-refractivity contribution in [1.82, 2.24) is 5.32 Å². The van der Waals surface area contributed by atoms with E-state index in [1.165, 1.54) is 5.46 Å². The van der Waals surface area contributed by atoms with Gasteiger partial charge in [0, 0.05) is 25.1 Å². The molecular weight excluding hydrogens is 161 g/mol. The summed E-state index contributed by atoms with van der Waals surface area (Å²) < 4.78 is 0. The molecule has 1 aliphatic heterocycles. The smallest absolute Gasteiger partial charge is 0.164 e. The summed E-state index contributed by atoms with van der Waals surface area (Å²) in [5.74, 6) is 0.264. The normalized spacial score (nSPS) is 16.5. The van der Waals surface area contributed by atoms with Gasteiger partial charge in [0.15, 0.2) is 5.78 Å². The summed E-state index contributed by atoms with van der Waals surface area (Å²) in [6.07, 6.45) is 0.621. The van der Waals surface area contributed by atoms with Crippen LogP contribution < -0.4 is 10.8 Å². The number of benzene rings is 1. The number of hydrogen-bond acceptors (Lipinski definition) is 2. The Morgan fingerprint density at radius 3 is 3.08 bits per heavy atom. The van der Waals surface area contributed by atoms with Crippen LogP contribution in [0.25, 0.3) is 0 Å². The number of nitrogens with one attached hydrogen (secondary N) is 1. The number of carbonyl (C=O) groups is 1. The first-order valence-corrected chi connectivity index (χ1v) is 4.61. The van der Waals surface area contributed by atoms with E-state index in [2.05, 4.69) is 19.2 Å². The standard InChI is InChI=1S/C10H12BNO/c11-8-1-2-9-7(5-8)6-12-4-3-10(9)13/h1-2,5,12H,3-4,6,11H2. The largest absolute Gasteiger partial charge is 0.312 e. The molecule has 13 heavy (non-hydrogen) atoms. The van der Waals surface area contributed by atoms with Crippen molar-refractivity contribution >= 4 is 19.1 Å². The van der Waals surface area contributed by atoms with Gasteiger partial charge in [0.05, 0.1) is 0 Å². The summed E-state index contributed by atoms with van der Waals surface area (Å²) in [4.78, 5) is 11.6. The predicted octanol–water partition coefficient (Wildman–Crippen LogP) is -0.379. The minimum absolute atomic E-state index is 0.264. The Morgan fingerprint density at radius 1 is 1.38 bits per heavy atom. The van der Waals surface area contributed by atoms with Crippen LogP contribution in [-0.4, -0.2) is 20.2 Å². The van der Waals surface area contributed by atoms with Crippen LogP contribution in [0.4, 0.5) is 0 Å². The van der Waals surface area contributed by atoms with Gasteiger partial charge in [-0.05, 0) is 5.56 Å². The molecule has 66 valence electrons. The second kappa shape index (κ2) is 3.34. The SMILES string of the molecule is Bc1ccc2c(c1)CNCCC2=O. The highest BCUT2D eigenvalue weighted by Crippen LogP contribution is 2.12. The number of hydrogen-bond donors (Lipinski definition) is 1. The summed E-state index contributed by atoms with van der Waals surface area (Å²) >= 11 is 0. The molecule has 1 aromatic carbocycles. The summed E-state index contributed by atoms with van der Waals surface area (Å²) in [7, 11) is 2.05. The van der Waals surface area contributed by atoms with Crippen molar-refractivity contribution in [2.24, 2.45) is 0 Å². The molecule has 0 unspecified atom stereocenters. The molecular formula is C10H12BNO. The second-order valence-corrected chi connectivity index (χ2v) is 3.51. The van der Waals surface area contributed by atoms with E-state index in [4.69, 9.17) is 0 Å². The molecule has 1 aromatic rings. The zero-order valence-corrected chi connectivity index (χ0v) is 7.76. The summed E-state index contributed by atoms with van der Waals surface area (Å²) in [6, 6.07) is 6.04. The maximum absolute atomic E-state index is 11.6. The number of Topliss-reactive ketones (excluding diaryl/α,β-unsaturated/α-hetero) is 1. The minimum atomic E-state index is 0.264. The lowest BCUT2D eigenvalue weighted by molar-refractivity contribution is 0.0985. The Labute approximate surface area is 78.7 Å². The highest BCUT2D eigenvalue weighted by Gasteiger charge is 2.13. The Balaban J connectivity index is 2.48. The average Bonchev–Trinajstić information content (AvgIpc) is 2.28. The van der Waals surface area contributed by atoms with Gasteiger partial charge in [-0.25, -0.2) is 0 Å². The van der Waals surface area contributed by atoms with E-state index in [1.54, 1.807) is 0 Å². The van der Waals surface area contributed by atoms with Gasteiger partial charge in [-0.3, -0.25) is 4.79 Å². The maximum Gasteiger partial charge on any atom is 0.164 e. The lowest BCUT2D eigenvalue weighted by Crippen LogP contribution is -2.13. The van der Waals surface area contributed by atoms with Gasteiger partial charge >= 0.3 is 0 Å². The predicted molar refractivity (Wildman–Crippen MR) is 55.3 cm³/mol. The van der Waals surface area contributed by atoms with Crippen LogP contribution in [0.5, 0.6) is 0 Å². The van der Waals surface area contributed by atoms with Crippen LogP contribution in [0.2, 0.25) is 0 Å². The van der Waals surface area contributed by atoms with E-state index in [0.717, 1.165) is 24.2 Å². The van der Waals surface area contributed by atoms with E-state index in [0.29, 0.717) is 6.42 Å². The van der Waals surface area contributed by atoms with Crippen molar-refractivity contribution in [1.29, 1.82) is 0 Å². The van der Waals surface area contributed by atoms with E-state index >= 15 is 0 Å². The fraction of sp³-hybridized carbons (Fsp3) is 0.300. The first kappa shape index (κ1) is 8.51. The lowest BCUT2D eigenvalue weighted by atomic mass is 9.91. The molecule has 2 rings (SSSR count). The third-order valence-corrected chi connectivity index (χ3v) is 2.41. The summed E-state index contributed by atoms with van der Waals surface area (Å²) in [6.45, 7) is 1.62. The van der Waals surface area contributed by atoms with Crippen molar-refractivity contribution in [2.75, 3.05) is 6.54 Å². The van der Waals surface area contributed by atoms with Gasteiger partial charge in [-0.1, -0.05) is 23.7 Å². The van der Waals surface area contributed by atoms with Gasteiger partial charge < -0.3 is 5.32 Å². The van der Waals surface area contributed by atoms with Crippen LogP contribution >= 0.6 is 0 Å². The van der Waals surface area contributed by atoms with E-state index in [-0.39, 0.29) is 5.78 Å². The van der Waals surface area contributed by atoms with Gasteiger partial charge in [0.25, 0.3) is 0 Å². The maximum atomic E-state index is 11.6. The molecule has 0 aromatic heterocycles. The van der Waals surface area contributed by atoms with E-state index in [9.17, 15) is 4.79 Å². The van der Waals surface area contributed by atoms with Crippen LogP contribution in [0.15, 0.2) is 18.2 Å². The third kappa shape index (κ3) is 1.65. The molecule has 2 nitrogen and oxygen atoms in total. The number of ketones is 1. The molecule has 1 N–H and O–H groups in total. The molecule has 0 saturated carbocycles. The van der Waals surface area contributed by atoms with Gasteiger partial charge in [0.2, 0.25) is 0 Å². The molecule has 0 saturated heterocycles. The highest BCUT2D eigenvalue weighted by molar-refractivity contribution is 6.32. The summed E-state index contributed by atoms with van der Waals surface area (Å²) in [5, 5.41) is 3.24. The Morgan fingerprint density at radius 2 is 2.23 bits per heavy atom. The quantitative estimate of drug-likeness (QED) is 0.542. The number of carbonyl (C=O) groups excluding carboxylic acids is 1. The third-order valence-electron chi connectivity index (χ3n) is 2.41. The first-order chi connectivity index (χ1) is 6.27. The van der Waals surface area contributed by atoms with E-state index < -0.39 is 0 Å². The molecule has 1 aliphatic rings. The fourth-order valence-electron chi connectivity index (χ4n) is 1.70. The first-order valence-electron chi connectivity index (χ1n) is 4.61. The molecule has 0 bridgehead atoms. The van der Waals surface area contributed by atoms with Crippen LogP contribution in [-0.2, 0) is 6.54 Å². The lowest BCUT2D eigenvalue weighted by Gasteiger charge is -2.04. The Bertz CT molecular complexity index is 349. The number of rotatable bonds is 0. The number of fused-ring (bicyclic) bond motifs is 1.